The van der Waals surface area contributed by atoms with Gasteiger partial charge in [0.05, 0.1) is 25.8 Å². The van der Waals surface area contributed by atoms with Gasteiger partial charge in [0.1, 0.15) is 17.1 Å². The van der Waals surface area contributed by atoms with Crippen LogP contribution in [0.1, 0.15) is 16.1 Å². The molecule has 7 heteroatoms. The first-order valence-corrected chi connectivity index (χ1v) is 7.22. The van der Waals surface area contributed by atoms with Gasteiger partial charge in [-0.05, 0) is 25.1 Å². The number of methoxy groups -OCH3 is 1. The van der Waals surface area contributed by atoms with E-state index in [1.807, 2.05) is 0 Å². The molecule has 0 saturated carbocycles. The number of hydrogen-bond donors (Lipinski definition) is 1. The molecular weight excluding hydrogens is 302 g/mol. The van der Waals surface area contributed by atoms with E-state index < -0.39 is 12.1 Å². The largest absolute Gasteiger partial charge is 0.497 e. The quantitative estimate of drug-likeness (QED) is 0.926. The highest BCUT2D eigenvalue weighted by molar-refractivity contribution is 6.07. The van der Waals surface area contributed by atoms with E-state index in [1.54, 1.807) is 32.2 Å². The first-order chi connectivity index (χ1) is 11.0. The number of aliphatic carboxylic acids is 1. The molecule has 0 spiro atoms. The van der Waals surface area contributed by atoms with Gasteiger partial charge in [-0.3, -0.25) is 4.79 Å². The molecule has 0 bridgehead atoms. The molecule has 1 atom stereocenters. The molecule has 1 N–H and O–H groups in total. The van der Waals surface area contributed by atoms with Crippen LogP contribution in [-0.4, -0.2) is 54.8 Å². The lowest BCUT2D eigenvalue weighted by molar-refractivity contribution is -0.154. The number of aryl methyl sites for hydroxylation is 1. The Morgan fingerprint density at radius 1 is 1.39 bits per heavy atom. The van der Waals surface area contributed by atoms with E-state index in [1.165, 1.54) is 4.90 Å². The van der Waals surface area contributed by atoms with Crippen LogP contribution in [0.25, 0.3) is 11.0 Å². The first-order valence-electron chi connectivity index (χ1n) is 7.22. The standard InChI is InChI=1S/C16H17NO6/c1-9-14(11-7-10(21-2)3-4-12(11)23-9)15(18)17-5-6-22-13(8-17)16(19)20/h3-4,7,13H,5-6,8H2,1-2H3,(H,19,20)/t13-/m0/s1. The Balaban J connectivity index is 1.97. The molecule has 1 fully saturated rings. The molecule has 0 radical (unpaired) electrons. The molecule has 1 aromatic heterocycles. The zero-order valence-electron chi connectivity index (χ0n) is 12.9. The van der Waals surface area contributed by atoms with Crippen LogP contribution in [0.3, 0.4) is 0 Å². The summed E-state index contributed by atoms with van der Waals surface area (Å²) in [6, 6.07) is 5.25. The van der Waals surface area contributed by atoms with E-state index in [2.05, 4.69) is 0 Å². The molecule has 1 aromatic carbocycles. The molecule has 7 nitrogen and oxygen atoms in total. The number of carboxylic acid groups (broad SMARTS) is 1. The average Bonchev–Trinajstić information content (AvgIpc) is 2.89. The van der Waals surface area contributed by atoms with E-state index in [0.717, 1.165) is 0 Å². The van der Waals surface area contributed by atoms with Crippen molar-refractivity contribution in [3.8, 4) is 5.75 Å². The maximum Gasteiger partial charge on any atom is 0.334 e. The molecule has 0 aliphatic carbocycles. The lowest BCUT2D eigenvalue weighted by Gasteiger charge is -2.30. The Kier molecular flexibility index (Phi) is 3.96. The third-order valence-electron chi connectivity index (χ3n) is 3.91. The maximum atomic E-state index is 12.8. The molecule has 3 rings (SSSR count). The Labute approximate surface area is 132 Å². The molecule has 2 heterocycles. The number of fused-ring (bicyclic) bond motifs is 1. The minimum absolute atomic E-state index is 0.0181. The number of amides is 1. The zero-order chi connectivity index (χ0) is 16.6. The predicted molar refractivity (Wildman–Crippen MR) is 80.8 cm³/mol. The monoisotopic (exact) mass is 319 g/mol. The summed E-state index contributed by atoms with van der Waals surface area (Å²) in [5.74, 6) is -0.212. The normalized spacial score (nSPS) is 18.2. The van der Waals surface area contributed by atoms with Gasteiger partial charge in [0.15, 0.2) is 6.10 Å². The number of carboxylic acids is 1. The van der Waals surface area contributed by atoms with E-state index in [-0.39, 0.29) is 19.1 Å². The Bertz CT molecular complexity index is 765. The van der Waals surface area contributed by atoms with Crippen molar-refractivity contribution in [1.82, 2.24) is 4.90 Å². The van der Waals surface area contributed by atoms with E-state index in [0.29, 0.717) is 34.6 Å². The zero-order valence-corrected chi connectivity index (χ0v) is 12.9. The highest BCUT2D eigenvalue weighted by Crippen LogP contribution is 2.30. The van der Waals surface area contributed by atoms with Crippen LogP contribution < -0.4 is 4.74 Å². The topological polar surface area (TPSA) is 89.2 Å². The van der Waals surface area contributed by atoms with Gasteiger partial charge in [-0.25, -0.2) is 4.79 Å². The van der Waals surface area contributed by atoms with Crippen LogP contribution in [0.4, 0.5) is 0 Å². The fraction of sp³-hybridized carbons (Fsp3) is 0.375. The Hall–Kier alpha value is -2.54. The second kappa shape index (κ2) is 5.92. The molecule has 1 amide bonds. The van der Waals surface area contributed by atoms with Crippen molar-refractivity contribution in [3.63, 3.8) is 0 Å². The lowest BCUT2D eigenvalue weighted by Crippen LogP contribution is -2.48. The van der Waals surface area contributed by atoms with Gasteiger partial charge in [-0.15, -0.1) is 0 Å². The Morgan fingerprint density at radius 3 is 2.87 bits per heavy atom. The van der Waals surface area contributed by atoms with E-state index in [9.17, 15) is 9.59 Å². The smallest absolute Gasteiger partial charge is 0.334 e. The van der Waals surface area contributed by atoms with Crippen LogP contribution in [0, 0.1) is 6.92 Å². The van der Waals surface area contributed by atoms with Crippen molar-refractivity contribution in [2.45, 2.75) is 13.0 Å². The second-order valence-corrected chi connectivity index (χ2v) is 5.34. The third kappa shape index (κ3) is 2.75. The van der Waals surface area contributed by atoms with Crippen molar-refractivity contribution in [3.05, 3.63) is 29.5 Å². The van der Waals surface area contributed by atoms with Gasteiger partial charge in [0.25, 0.3) is 5.91 Å². The lowest BCUT2D eigenvalue weighted by atomic mass is 10.1. The molecule has 2 aromatic rings. The minimum Gasteiger partial charge on any atom is -0.497 e. The van der Waals surface area contributed by atoms with E-state index >= 15 is 0 Å². The molecule has 122 valence electrons. The summed E-state index contributed by atoms with van der Waals surface area (Å²) in [5, 5.41) is 9.72. The van der Waals surface area contributed by atoms with Crippen LogP contribution in [0.5, 0.6) is 5.75 Å². The number of carbonyl (C=O) groups is 2. The van der Waals surface area contributed by atoms with Crippen molar-refractivity contribution in [2.24, 2.45) is 0 Å². The van der Waals surface area contributed by atoms with Crippen LogP contribution in [0.15, 0.2) is 22.6 Å². The molecular formula is C16H17NO6. The van der Waals surface area contributed by atoms with Crippen molar-refractivity contribution < 1.29 is 28.6 Å². The number of hydrogen-bond acceptors (Lipinski definition) is 5. The van der Waals surface area contributed by atoms with Gasteiger partial charge in [-0.1, -0.05) is 0 Å². The third-order valence-corrected chi connectivity index (χ3v) is 3.91. The fourth-order valence-corrected chi connectivity index (χ4v) is 2.73. The second-order valence-electron chi connectivity index (χ2n) is 5.34. The molecule has 1 saturated heterocycles. The molecule has 1 aliphatic rings. The van der Waals surface area contributed by atoms with Crippen LogP contribution in [-0.2, 0) is 9.53 Å². The van der Waals surface area contributed by atoms with Gasteiger partial charge in [0.2, 0.25) is 0 Å². The highest BCUT2D eigenvalue weighted by Gasteiger charge is 2.31. The van der Waals surface area contributed by atoms with Crippen molar-refractivity contribution >= 4 is 22.8 Å². The summed E-state index contributed by atoms with van der Waals surface area (Å²) in [7, 11) is 1.55. The summed E-state index contributed by atoms with van der Waals surface area (Å²) in [5.41, 5.74) is 1.03. The summed E-state index contributed by atoms with van der Waals surface area (Å²) >= 11 is 0. The molecule has 23 heavy (non-hydrogen) atoms. The number of benzene rings is 1. The van der Waals surface area contributed by atoms with Crippen LogP contribution >= 0.6 is 0 Å². The minimum atomic E-state index is -1.07. The van der Waals surface area contributed by atoms with Crippen molar-refractivity contribution in [1.29, 1.82) is 0 Å². The summed E-state index contributed by atoms with van der Waals surface area (Å²) < 4.78 is 16.0. The predicted octanol–water partition coefficient (Wildman–Crippen LogP) is 1.68. The number of furan rings is 1. The molecule has 0 unspecified atom stereocenters. The Morgan fingerprint density at radius 2 is 2.17 bits per heavy atom. The SMILES string of the molecule is COc1ccc2oc(C)c(C(=O)N3CCO[C@H](C(=O)O)C3)c2c1. The fourth-order valence-electron chi connectivity index (χ4n) is 2.73. The highest BCUT2D eigenvalue weighted by atomic mass is 16.5. The van der Waals surface area contributed by atoms with E-state index in [4.69, 9.17) is 19.0 Å². The van der Waals surface area contributed by atoms with Gasteiger partial charge in [-0.2, -0.15) is 0 Å². The summed E-state index contributed by atoms with van der Waals surface area (Å²) in [4.78, 5) is 25.4. The van der Waals surface area contributed by atoms with Crippen LogP contribution in [0.2, 0.25) is 0 Å². The number of rotatable bonds is 3. The number of carbonyl (C=O) groups excluding carboxylic acids is 1. The van der Waals surface area contributed by atoms with Crippen molar-refractivity contribution in [2.75, 3.05) is 26.8 Å². The van der Waals surface area contributed by atoms with Gasteiger partial charge in [0, 0.05) is 11.9 Å². The summed E-state index contributed by atoms with van der Waals surface area (Å²) in [6.07, 6.45) is -0.999. The maximum absolute atomic E-state index is 12.8. The molecule has 1 aliphatic heterocycles. The van der Waals surface area contributed by atoms with Gasteiger partial charge < -0.3 is 23.9 Å². The van der Waals surface area contributed by atoms with Gasteiger partial charge >= 0.3 is 5.97 Å². The summed E-state index contributed by atoms with van der Waals surface area (Å²) in [6.45, 7) is 2.28. The number of ether oxygens (including phenoxy) is 2. The average molecular weight is 319 g/mol. The number of nitrogens with zero attached hydrogens (tertiary/aromatic N) is 1. The first kappa shape index (κ1) is 15.4. The number of morpholine rings is 1.